The van der Waals surface area contributed by atoms with Crippen molar-refractivity contribution >= 4 is 11.3 Å². The molecule has 0 fully saturated rings. The third-order valence-electron chi connectivity index (χ3n) is 6.79. The van der Waals surface area contributed by atoms with Crippen molar-refractivity contribution in [3.8, 4) is 0 Å². The topological polar surface area (TPSA) is 29.0 Å². The molecular weight excluding hydrogens is 354 g/mol. The normalized spacial score (nSPS) is 15.4. The van der Waals surface area contributed by atoms with E-state index in [0.29, 0.717) is 11.8 Å². The Labute approximate surface area is 179 Å². The quantitative estimate of drug-likeness (QED) is 0.486. The lowest BCUT2D eigenvalue weighted by molar-refractivity contribution is 0.555. The highest BCUT2D eigenvalue weighted by Crippen LogP contribution is 2.39. The number of aromatic nitrogens is 1. The van der Waals surface area contributed by atoms with Crippen molar-refractivity contribution in [1.82, 2.24) is 15.2 Å². The van der Waals surface area contributed by atoms with Crippen molar-refractivity contribution in [2.24, 2.45) is 18.9 Å². The van der Waals surface area contributed by atoms with Crippen molar-refractivity contribution in [1.29, 1.82) is 0 Å². The number of nitrogens with zero attached hydrogens (tertiary/aromatic N) is 1. The van der Waals surface area contributed by atoms with Gasteiger partial charge >= 0.3 is 0 Å². The summed E-state index contributed by atoms with van der Waals surface area (Å²) < 4.78 is 2.41. The summed E-state index contributed by atoms with van der Waals surface area (Å²) in [6.45, 7) is 16.8. The van der Waals surface area contributed by atoms with E-state index in [9.17, 15) is 0 Å². The summed E-state index contributed by atoms with van der Waals surface area (Å²) in [6.07, 6.45) is 9.41. The Balaban J connectivity index is 2.51. The van der Waals surface area contributed by atoms with Gasteiger partial charge in [0.05, 0.1) is 5.70 Å². The summed E-state index contributed by atoms with van der Waals surface area (Å²) in [5.74, 6) is 1.20. The Bertz CT molecular complexity index is 798. The van der Waals surface area contributed by atoms with E-state index in [1.54, 1.807) is 0 Å². The van der Waals surface area contributed by atoms with E-state index in [2.05, 4.69) is 82.9 Å². The molecule has 0 spiro atoms. The van der Waals surface area contributed by atoms with Gasteiger partial charge in [-0.2, -0.15) is 0 Å². The van der Waals surface area contributed by atoms with Gasteiger partial charge in [0.25, 0.3) is 0 Å². The lowest BCUT2D eigenvalue weighted by atomic mass is 9.87. The molecule has 3 nitrogen and oxygen atoms in total. The second-order valence-electron chi connectivity index (χ2n) is 8.68. The Morgan fingerprint density at radius 3 is 2.41 bits per heavy atom. The SMILES string of the molecule is C/C=C(\CN/C(=C(/C)NC)c1c2c(n(C)c1C)C(C(C)C)=CCC2)C(CC)CC. The first kappa shape index (κ1) is 23.4. The van der Waals surface area contributed by atoms with Gasteiger partial charge in [-0.05, 0) is 69.4 Å². The predicted octanol–water partition coefficient (Wildman–Crippen LogP) is 6.20. The molecule has 3 heteroatoms. The zero-order valence-corrected chi connectivity index (χ0v) is 20.3. The van der Waals surface area contributed by atoms with Crippen LogP contribution in [-0.4, -0.2) is 18.2 Å². The molecule has 0 saturated heterocycles. The standard InChI is InChI=1S/C26H43N3/c1-10-20(11-2)21(12-3)16-28-25(18(6)27-8)24-19(7)29(9)26-22(17(4)5)14-13-15-23(24)26/h12,14,17,20,27-28H,10-11,13,15-16H2,1-9H3/b21-12+,25-18-. The predicted molar refractivity (Wildman–Crippen MR) is 129 cm³/mol. The molecule has 29 heavy (non-hydrogen) atoms. The van der Waals surface area contributed by atoms with Crippen LogP contribution >= 0.6 is 0 Å². The Morgan fingerprint density at radius 2 is 1.90 bits per heavy atom. The van der Waals surface area contributed by atoms with Crippen LogP contribution in [0.25, 0.3) is 11.3 Å². The molecule has 0 aromatic carbocycles. The van der Waals surface area contributed by atoms with Gasteiger partial charge in [0.1, 0.15) is 0 Å². The number of allylic oxidation sites excluding steroid dienone is 4. The molecule has 1 aliphatic rings. The smallest absolute Gasteiger partial charge is 0.0627 e. The number of hydrogen-bond donors (Lipinski definition) is 2. The molecule has 0 atom stereocenters. The van der Waals surface area contributed by atoms with E-state index in [1.165, 1.54) is 57.9 Å². The zero-order chi connectivity index (χ0) is 21.7. The monoisotopic (exact) mass is 397 g/mol. The van der Waals surface area contributed by atoms with Gasteiger partial charge < -0.3 is 15.2 Å². The molecule has 0 bridgehead atoms. The second-order valence-corrected chi connectivity index (χ2v) is 8.68. The van der Waals surface area contributed by atoms with E-state index in [4.69, 9.17) is 0 Å². The highest BCUT2D eigenvalue weighted by Gasteiger charge is 2.27. The molecule has 0 amide bonds. The van der Waals surface area contributed by atoms with Crippen LogP contribution in [0, 0.1) is 18.8 Å². The molecule has 1 aromatic heterocycles. The fourth-order valence-corrected chi connectivity index (χ4v) is 4.81. The summed E-state index contributed by atoms with van der Waals surface area (Å²) in [5, 5.41) is 7.26. The van der Waals surface area contributed by atoms with Gasteiger partial charge in [0.2, 0.25) is 0 Å². The Hall–Kier alpha value is -1.90. The highest BCUT2D eigenvalue weighted by atomic mass is 15.0. The fourth-order valence-electron chi connectivity index (χ4n) is 4.81. The van der Waals surface area contributed by atoms with Gasteiger partial charge in [0.15, 0.2) is 0 Å². The zero-order valence-electron chi connectivity index (χ0n) is 20.3. The molecule has 162 valence electrons. The maximum Gasteiger partial charge on any atom is 0.0627 e. The molecule has 2 N–H and O–H groups in total. The molecule has 0 radical (unpaired) electrons. The van der Waals surface area contributed by atoms with Gasteiger partial charge in [-0.1, -0.05) is 45.4 Å². The summed E-state index contributed by atoms with van der Waals surface area (Å²) >= 11 is 0. The summed E-state index contributed by atoms with van der Waals surface area (Å²) in [6, 6.07) is 0. The summed E-state index contributed by atoms with van der Waals surface area (Å²) in [7, 11) is 4.26. The van der Waals surface area contributed by atoms with Crippen LogP contribution in [-0.2, 0) is 13.5 Å². The Morgan fingerprint density at radius 1 is 1.24 bits per heavy atom. The van der Waals surface area contributed by atoms with E-state index in [-0.39, 0.29) is 0 Å². The molecule has 2 rings (SSSR count). The van der Waals surface area contributed by atoms with E-state index in [1.807, 2.05) is 7.05 Å². The summed E-state index contributed by atoms with van der Waals surface area (Å²) in [4.78, 5) is 0. The van der Waals surface area contributed by atoms with Gasteiger partial charge in [-0.3, -0.25) is 0 Å². The van der Waals surface area contributed by atoms with Crippen LogP contribution in [0.5, 0.6) is 0 Å². The van der Waals surface area contributed by atoms with Crippen LogP contribution in [0.1, 0.15) is 83.3 Å². The minimum absolute atomic E-state index is 0.546. The Kier molecular flexibility index (Phi) is 8.24. The molecule has 1 heterocycles. The lowest BCUT2D eigenvalue weighted by Crippen LogP contribution is -2.24. The number of hydrogen-bond acceptors (Lipinski definition) is 2. The highest BCUT2D eigenvalue weighted by molar-refractivity contribution is 5.80. The van der Waals surface area contributed by atoms with Crippen molar-refractivity contribution in [2.75, 3.05) is 13.6 Å². The van der Waals surface area contributed by atoms with Gasteiger partial charge in [-0.15, -0.1) is 0 Å². The minimum atomic E-state index is 0.546. The van der Waals surface area contributed by atoms with Gasteiger partial charge in [-0.25, -0.2) is 0 Å². The summed E-state index contributed by atoms with van der Waals surface area (Å²) in [5.41, 5.74) is 11.2. The number of rotatable bonds is 9. The molecular formula is C26H43N3. The van der Waals surface area contributed by atoms with E-state index < -0.39 is 0 Å². The number of fused-ring (bicyclic) bond motifs is 1. The van der Waals surface area contributed by atoms with Crippen molar-refractivity contribution in [3.63, 3.8) is 0 Å². The number of nitrogens with one attached hydrogen (secondary N) is 2. The lowest BCUT2D eigenvalue weighted by Gasteiger charge is -2.23. The van der Waals surface area contributed by atoms with Crippen molar-refractivity contribution in [3.05, 3.63) is 45.9 Å². The third-order valence-corrected chi connectivity index (χ3v) is 6.79. The minimum Gasteiger partial charge on any atom is -0.390 e. The average molecular weight is 398 g/mol. The molecule has 1 aliphatic carbocycles. The largest absolute Gasteiger partial charge is 0.390 e. The maximum absolute atomic E-state index is 3.85. The maximum atomic E-state index is 3.85. The average Bonchev–Trinajstić information content (AvgIpc) is 2.97. The molecule has 0 unspecified atom stereocenters. The second kappa shape index (κ2) is 10.2. The van der Waals surface area contributed by atoms with Crippen LogP contribution in [0.4, 0.5) is 0 Å². The van der Waals surface area contributed by atoms with E-state index in [0.717, 1.165) is 19.4 Å². The van der Waals surface area contributed by atoms with Crippen LogP contribution < -0.4 is 10.6 Å². The molecule has 1 aromatic rings. The third kappa shape index (κ3) is 4.65. The van der Waals surface area contributed by atoms with Crippen LogP contribution in [0.15, 0.2) is 23.4 Å². The fraction of sp³-hybridized carbons (Fsp3) is 0.615. The molecule has 0 saturated carbocycles. The van der Waals surface area contributed by atoms with Gasteiger partial charge in [0, 0.05) is 43.3 Å². The van der Waals surface area contributed by atoms with Crippen molar-refractivity contribution in [2.45, 2.75) is 74.1 Å². The van der Waals surface area contributed by atoms with Crippen LogP contribution in [0.3, 0.4) is 0 Å². The first-order valence-corrected chi connectivity index (χ1v) is 11.5. The molecule has 0 aliphatic heterocycles. The van der Waals surface area contributed by atoms with E-state index >= 15 is 0 Å². The van der Waals surface area contributed by atoms with Crippen molar-refractivity contribution < 1.29 is 0 Å². The van der Waals surface area contributed by atoms with Crippen LogP contribution in [0.2, 0.25) is 0 Å². The first-order valence-electron chi connectivity index (χ1n) is 11.5. The first-order chi connectivity index (χ1) is 13.8.